The Kier molecular flexibility index (Phi) is 13.3. The number of fused-ring (bicyclic) bond motifs is 1. The maximum atomic E-state index is 13.8. The van der Waals surface area contributed by atoms with Crippen LogP contribution in [-0.2, 0) is 28.2 Å². The van der Waals surface area contributed by atoms with Gasteiger partial charge < -0.3 is 18.6 Å². The van der Waals surface area contributed by atoms with Crippen molar-refractivity contribution >= 4 is 51.9 Å². The lowest BCUT2D eigenvalue weighted by Gasteiger charge is -2.44. The van der Waals surface area contributed by atoms with Crippen LogP contribution in [0, 0.1) is 11.8 Å². The van der Waals surface area contributed by atoms with E-state index >= 15 is 0 Å². The SMILES string of the molecule is COC(=O)CCCC=CC[C@H]1C(=O)C[C@@H](OC2CCCCO2)[C@@H]1C=C[C@@H](O[Si](c1ccccc1)(c1ccccc1)C(C)(C)C)c1cc2ccccc2s1. The van der Waals surface area contributed by atoms with Gasteiger partial charge in [-0.15, -0.1) is 11.3 Å². The Morgan fingerprint density at radius 1 is 0.962 bits per heavy atom. The summed E-state index contributed by atoms with van der Waals surface area (Å²) in [7, 11) is -1.54. The second kappa shape index (κ2) is 18.1. The van der Waals surface area contributed by atoms with Crippen LogP contribution in [0.2, 0.25) is 5.04 Å². The number of thiophene rings is 1. The van der Waals surface area contributed by atoms with Crippen LogP contribution >= 0.6 is 11.3 Å². The minimum absolute atomic E-state index is 0.146. The molecule has 0 spiro atoms. The summed E-state index contributed by atoms with van der Waals surface area (Å²) in [5.41, 5.74) is 0. The monoisotopic (exact) mass is 750 g/mol. The van der Waals surface area contributed by atoms with Crippen molar-refractivity contribution in [2.75, 3.05) is 13.7 Å². The molecular formula is C45H54O6SSi. The first-order valence-electron chi connectivity index (χ1n) is 19.2. The number of ether oxygens (including phenoxy) is 3. The van der Waals surface area contributed by atoms with E-state index in [1.54, 1.807) is 11.3 Å². The zero-order valence-electron chi connectivity index (χ0n) is 31.6. The van der Waals surface area contributed by atoms with Gasteiger partial charge in [-0.25, -0.2) is 0 Å². The van der Waals surface area contributed by atoms with Gasteiger partial charge in [-0.05, 0) is 71.5 Å². The summed E-state index contributed by atoms with van der Waals surface area (Å²) >= 11 is 1.77. The van der Waals surface area contributed by atoms with E-state index in [0.29, 0.717) is 32.3 Å². The molecule has 6 rings (SSSR count). The number of hydrogen-bond donors (Lipinski definition) is 0. The number of carbonyl (C=O) groups excluding carboxylic acids is 2. The summed E-state index contributed by atoms with van der Waals surface area (Å²) in [5, 5.41) is 3.42. The largest absolute Gasteiger partial charge is 0.469 e. The van der Waals surface area contributed by atoms with E-state index in [4.69, 9.17) is 18.6 Å². The molecular weight excluding hydrogens is 697 g/mol. The van der Waals surface area contributed by atoms with Gasteiger partial charge in [0.05, 0.1) is 19.3 Å². The summed E-state index contributed by atoms with van der Waals surface area (Å²) in [5.74, 6) is -0.362. The number of hydrogen-bond acceptors (Lipinski definition) is 7. The first-order chi connectivity index (χ1) is 25.7. The predicted molar refractivity (Wildman–Crippen MR) is 217 cm³/mol. The zero-order chi connectivity index (χ0) is 37.3. The number of allylic oxidation sites excluding steroid dienone is 2. The highest BCUT2D eigenvalue weighted by molar-refractivity contribution is 7.19. The fourth-order valence-electron chi connectivity index (χ4n) is 7.93. The number of benzene rings is 3. The summed E-state index contributed by atoms with van der Waals surface area (Å²) < 4.78 is 26.5. The van der Waals surface area contributed by atoms with Crippen LogP contribution in [0.3, 0.4) is 0 Å². The summed E-state index contributed by atoms with van der Waals surface area (Å²) in [4.78, 5) is 26.5. The molecule has 280 valence electrons. The van der Waals surface area contributed by atoms with Crippen molar-refractivity contribution < 1.29 is 28.2 Å². The second-order valence-corrected chi connectivity index (χ2v) is 20.6. The predicted octanol–water partition coefficient (Wildman–Crippen LogP) is 9.48. The molecule has 53 heavy (non-hydrogen) atoms. The van der Waals surface area contributed by atoms with Crippen LogP contribution in [-0.4, -0.2) is 46.2 Å². The van der Waals surface area contributed by atoms with Crippen molar-refractivity contribution in [3.63, 3.8) is 0 Å². The van der Waals surface area contributed by atoms with Crippen LogP contribution in [0.5, 0.6) is 0 Å². The number of Topliss-reactive ketones (excluding diaryl/α,β-unsaturated/α-hetero) is 1. The molecule has 0 radical (unpaired) electrons. The molecule has 0 N–H and O–H groups in total. The minimum atomic E-state index is -2.96. The highest BCUT2D eigenvalue weighted by atomic mass is 32.1. The van der Waals surface area contributed by atoms with Gasteiger partial charge >= 0.3 is 5.97 Å². The number of carbonyl (C=O) groups is 2. The molecule has 4 aromatic rings. The van der Waals surface area contributed by atoms with Gasteiger partial charge in [0.15, 0.2) is 6.29 Å². The van der Waals surface area contributed by atoms with Crippen LogP contribution in [0.4, 0.5) is 0 Å². The van der Waals surface area contributed by atoms with Crippen LogP contribution < -0.4 is 10.4 Å². The van der Waals surface area contributed by atoms with Crippen molar-refractivity contribution in [1.29, 1.82) is 0 Å². The smallest absolute Gasteiger partial charge is 0.305 e. The average molecular weight is 751 g/mol. The molecule has 2 heterocycles. The van der Waals surface area contributed by atoms with E-state index in [9.17, 15) is 9.59 Å². The molecule has 3 aromatic carbocycles. The number of rotatable bonds is 15. The molecule has 0 bridgehead atoms. The number of unbranched alkanes of at least 4 members (excludes halogenated alkanes) is 1. The molecule has 2 fully saturated rings. The Balaban J connectivity index is 1.39. The summed E-state index contributed by atoms with van der Waals surface area (Å²) in [6.07, 6.45) is 13.4. The van der Waals surface area contributed by atoms with E-state index in [1.807, 2.05) is 0 Å². The van der Waals surface area contributed by atoms with Crippen molar-refractivity contribution in [1.82, 2.24) is 0 Å². The lowest BCUT2D eigenvalue weighted by atomic mass is 9.90. The highest BCUT2D eigenvalue weighted by Crippen LogP contribution is 2.43. The molecule has 5 atom stereocenters. The number of ketones is 1. The maximum absolute atomic E-state index is 13.8. The average Bonchev–Trinajstić information content (AvgIpc) is 3.73. The fourth-order valence-corrected chi connectivity index (χ4v) is 13.7. The highest BCUT2D eigenvalue weighted by Gasteiger charge is 2.52. The van der Waals surface area contributed by atoms with Crippen molar-refractivity contribution in [2.45, 2.75) is 95.7 Å². The standard InChI is InChI=1S/C45H54O6SSi/c1-45(2,3)53(34-20-9-7-10-21-34,35-22-11-8-12-23-35)51-39(42-31-33-19-15-16-25-41(33)52-42)29-28-37-36(24-13-5-6-14-26-43(47)48-4)38(46)32-40(37)50-44-27-17-18-30-49-44/h5,7-13,15-16,19-23,25,28-29,31,36-37,39-40,44H,6,14,17-18,24,26-27,30,32H2,1-4H3/t36-,37-,39-,40-,44?/m1/s1. The molecule has 8 heteroatoms. The van der Waals surface area contributed by atoms with E-state index in [2.05, 4.69) is 136 Å². The van der Waals surface area contributed by atoms with E-state index in [-0.39, 0.29) is 47.1 Å². The molecule has 1 unspecified atom stereocenters. The number of methoxy groups -OCH3 is 1. The van der Waals surface area contributed by atoms with Crippen molar-refractivity contribution in [3.8, 4) is 0 Å². The van der Waals surface area contributed by atoms with Crippen LogP contribution in [0.25, 0.3) is 10.1 Å². The van der Waals surface area contributed by atoms with Gasteiger partial charge in [0.2, 0.25) is 0 Å². The molecule has 0 amide bonds. The van der Waals surface area contributed by atoms with Gasteiger partial charge in [-0.2, -0.15) is 0 Å². The topological polar surface area (TPSA) is 71.1 Å². The Bertz CT molecular complexity index is 1770. The van der Waals surface area contributed by atoms with Gasteiger partial charge in [-0.1, -0.05) is 124 Å². The van der Waals surface area contributed by atoms with Gasteiger partial charge in [0.25, 0.3) is 8.32 Å². The molecule has 1 saturated carbocycles. The Morgan fingerprint density at radius 2 is 1.66 bits per heavy atom. The zero-order valence-corrected chi connectivity index (χ0v) is 33.4. The van der Waals surface area contributed by atoms with Crippen LogP contribution in [0.1, 0.15) is 83.1 Å². The fraction of sp³-hybridized carbons (Fsp3) is 0.422. The molecule has 1 aliphatic carbocycles. The molecule has 1 aromatic heterocycles. The molecule has 2 aliphatic rings. The quantitative estimate of drug-likeness (QED) is 0.0522. The molecule has 1 aliphatic heterocycles. The Hall–Kier alpha value is -3.66. The number of esters is 1. The third kappa shape index (κ3) is 9.35. The van der Waals surface area contributed by atoms with Crippen molar-refractivity contribution in [3.05, 3.63) is 120 Å². The van der Waals surface area contributed by atoms with Gasteiger partial charge in [-0.3, -0.25) is 9.59 Å². The van der Waals surface area contributed by atoms with Gasteiger partial charge in [0, 0.05) is 40.9 Å². The Morgan fingerprint density at radius 3 is 2.30 bits per heavy atom. The van der Waals surface area contributed by atoms with E-state index in [1.165, 1.54) is 27.6 Å². The molecule has 6 nitrogen and oxygen atoms in total. The first-order valence-corrected chi connectivity index (χ1v) is 21.9. The van der Waals surface area contributed by atoms with Crippen LogP contribution in [0.15, 0.2) is 115 Å². The maximum Gasteiger partial charge on any atom is 0.305 e. The lowest BCUT2D eigenvalue weighted by Crippen LogP contribution is -2.66. The normalized spacial score (nSPS) is 21.8. The molecule has 1 saturated heterocycles. The van der Waals surface area contributed by atoms with E-state index in [0.717, 1.165) is 30.6 Å². The van der Waals surface area contributed by atoms with Gasteiger partial charge in [0.1, 0.15) is 5.78 Å². The summed E-state index contributed by atoms with van der Waals surface area (Å²) in [6, 6.07) is 32.3. The minimum Gasteiger partial charge on any atom is -0.469 e. The first kappa shape index (κ1) is 39.0. The van der Waals surface area contributed by atoms with Crippen molar-refractivity contribution in [2.24, 2.45) is 11.8 Å². The lowest BCUT2D eigenvalue weighted by molar-refractivity contribution is -0.192. The second-order valence-electron chi connectivity index (χ2n) is 15.3. The van der Waals surface area contributed by atoms with E-state index < -0.39 is 8.32 Å². The third-order valence-corrected chi connectivity index (χ3v) is 16.9. The third-order valence-electron chi connectivity index (χ3n) is 10.7. The Labute approximate surface area is 320 Å². The summed E-state index contributed by atoms with van der Waals surface area (Å²) in [6.45, 7) is 7.61.